The second kappa shape index (κ2) is 8.65. The van der Waals surface area contributed by atoms with E-state index < -0.39 is 11.4 Å². The third kappa shape index (κ3) is 4.69. The molecular formula is C17H23NO6. The number of rotatable bonds is 8. The average Bonchev–Trinajstić information content (AvgIpc) is 2.61. The van der Waals surface area contributed by atoms with Crippen molar-refractivity contribution in [2.45, 2.75) is 12.8 Å². The molecular weight excluding hydrogens is 314 g/mol. The monoisotopic (exact) mass is 337 g/mol. The summed E-state index contributed by atoms with van der Waals surface area (Å²) in [6, 6.07) is 6.70. The van der Waals surface area contributed by atoms with Gasteiger partial charge in [-0.3, -0.25) is 9.59 Å². The van der Waals surface area contributed by atoms with Crippen molar-refractivity contribution >= 4 is 11.9 Å². The van der Waals surface area contributed by atoms with E-state index in [0.717, 1.165) is 0 Å². The van der Waals surface area contributed by atoms with E-state index in [9.17, 15) is 14.7 Å². The third-order valence-corrected chi connectivity index (χ3v) is 4.16. The lowest BCUT2D eigenvalue weighted by Gasteiger charge is -2.33. The van der Waals surface area contributed by atoms with Crippen LogP contribution in [0.3, 0.4) is 0 Å². The van der Waals surface area contributed by atoms with Crippen LogP contribution >= 0.6 is 0 Å². The number of amides is 1. The summed E-state index contributed by atoms with van der Waals surface area (Å²) in [5.41, 5.74) is -0.487. The zero-order valence-electron chi connectivity index (χ0n) is 13.7. The van der Waals surface area contributed by atoms with E-state index in [1.54, 1.807) is 31.4 Å². The molecule has 1 aromatic rings. The molecule has 0 atom stereocenters. The molecule has 24 heavy (non-hydrogen) atoms. The summed E-state index contributed by atoms with van der Waals surface area (Å²) in [5, 5.41) is 12.2. The highest BCUT2D eigenvalue weighted by molar-refractivity contribution is 5.94. The van der Waals surface area contributed by atoms with Gasteiger partial charge < -0.3 is 24.6 Å². The Morgan fingerprint density at radius 1 is 1.21 bits per heavy atom. The Morgan fingerprint density at radius 3 is 2.46 bits per heavy atom. The first-order chi connectivity index (χ1) is 11.6. The summed E-state index contributed by atoms with van der Waals surface area (Å²) < 4.78 is 15.6. The SMILES string of the molecule is COCCOc1ccc(C(=O)NCC2(C(=O)O)CCOCC2)cc1. The molecule has 1 fully saturated rings. The first kappa shape index (κ1) is 18.2. The molecule has 1 heterocycles. The number of nitrogens with one attached hydrogen (secondary N) is 1. The van der Waals surface area contributed by atoms with Crippen LogP contribution in [-0.4, -0.2) is 57.1 Å². The smallest absolute Gasteiger partial charge is 0.311 e. The Balaban J connectivity index is 1.90. The van der Waals surface area contributed by atoms with Gasteiger partial charge in [-0.25, -0.2) is 0 Å². The molecule has 0 aromatic heterocycles. The predicted molar refractivity (Wildman–Crippen MR) is 86.3 cm³/mol. The van der Waals surface area contributed by atoms with Crippen molar-refractivity contribution in [1.82, 2.24) is 5.32 Å². The van der Waals surface area contributed by atoms with Crippen molar-refractivity contribution in [2.75, 3.05) is 40.1 Å². The molecule has 1 saturated heterocycles. The minimum absolute atomic E-state index is 0.0939. The molecule has 0 saturated carbocycles. The zero-order chi connectivity index (χ0) is 17.4. The number of ether oxygens (including phenoxy) is 3. The minimum atomic E-state index is -0.947. The number of carboxylic acids is 1. The van der Waals surface area contributed by atoms with Crippen LogP contribution in [-0.2, 0) is 14.3 Å². The van der Waals surface area contributed by atoms with Gasteiger partial charge in [-0.15, -0.1) is 0 Å². The van der Waals surface area contributed by atoms with Crippen molar-refractivity contribution < 1.29 is 28.9 Å². The lowest BCUT2D eigenvalue weighted by Crippen LogP contribution is -2.46. The maximum Gasteiger partial charge on any atom is 0.311 e. The number of aliphatic carboxylic acids is 1. The molecule has 2 rings (SSSR count). The lowest BCUT2D eigenvalue weighted by atomic mass is 9.80. The molecule has 0 bridgehead atoms. The highest BCUT2D eigenvalue weighted by atomic mass is 16.5. The van der Waals surface area contributed by atoms with E-state index in [1.807, 2.05) is 0 Å². The van der Waals surface area contributed by atoms with Gasteiger partial charge >= 0.3 is 5.97 Å². The molecule has 0 spiro atoms. The van der Waals surface area contributed by atoms with E-state index in [2.05, 4.69) is 5.32 Å². The predicted octanol–water partition coefficient (Wildman–Crippen LogP) is 1.32. The van der Waals surface area contributed by atoms with Crippen LogP contribution in [0.5, 0.6) is 5.75 Å². The molecule has 1 aliphatic rings. The quantitative estimate of drug-likeness (QED) is 0.695. The number of carbonyl (C=O) groups is 2. The van der Waals surface area contributed by atoms with Crippen molar-refractivity contribution in [3.05, 3.63) is 29.8 Å². The van der Waals surface area contributed by atoms with E-state index in [4.69, 9.17) is 14.2 Å². The fourth-order valence-electron chi connectivity index (χ4n) is 2.53. The van der Waals surface area contributed by atoms with Gasteiger partial charge in [0.25, 0.3) is 5.91 Å². The van der Waals surface area contributed by atoms with E-state index in [-0.39, 0.29) is 12.5 Å². The second-order valence-corrected chi connectivity index (χ2v) is 5.75. The molecule has 0 unspecified atom stereocenters. The van der Waals surface area contributed by atoms with Crippen LogP contribution in [0.2, 0.25) is 0 Å². The number of methoxy groups -OCH3 is 1. The highest BCUT2D eigenvalue weighted by Crippen LogP contribution is 2.30. The topological polar surface area (TPSA) is 94.1 Å². The van der Waals surface area contributed by atoms with Crippen LogP contribution in [0.15, 0.2) is 24.3 Å². The van der Waals surface area contributed by atoms with Gasteiger partial charge in [0.05, 0.1) is 12.0 Å². The Kier molecular flexibility index (Phi) is 6.57. The van der Waals surface area contributed by atoms with Gasteiger partial charge in [-0.2, -0.15) is 0 Å². The molecule has 2 N–H and O–H groups in total. The Hall–Kier alpha value is -2.12. The normalized spacial score (nSPS) is 16.4. The van der Waals surface area contributed by atoms with E-state index >= 15 is 0 Å². The van der Waals surface area contributed by atoms with Crippen LogP contribution in [0.25, 0.3) is 0 Å². The van der Waals surface area contributed by atoms with E-state index in [1.165, 1.54) is 0 Å². The van der Waals surface area contributed by atoms with Gasteiger partial charge in [0.15, 0.2) is 0 Å². The Labute approximate surface area is 140 Å². The number of carbonyl (C=O) groups excluding carboxylic acids is 1. The molecule has 132 valence electrons. The standard InChI is InChI=1S/C17H23NO6/c1-22-10-11-24-14-4-2-13(3-5-14)15(19)18-12-17(16(20)21)6-8-23-9-7-17/h2-5H,6-12H2,1H3,(H,18,19)(H,20,21). The number of carboxylic acid groups (broad SMARTS) is 1. The summed E-state index contributed by atoms with van der Waals surface area (Å²) in [5.74, 6) is -0.548. The molecule has 7 heteroatoms. The molecule has 0 radical (unpaired) electrons. The van der Waals surface area contributed by atoms with Crippen LogP contribution in [0.1, 0.15) is 23.2 Å². The van der Waals surface area contributed by atoms with Gasteiger partial charge in [-0.05, 0) is 37.1 Å². The van der Waals surface area contributed by atoms with Crippen LogP contribution in [0.4, 0.5) is 0 Å². The van der Waals surface area contributed by atoms with Crippen molar-refractivity contribution in [2.24, 2.45) is 5.41 Å². The summed E-state index contributed by atoms with van der Waals surface area (Å²) in [6.07, 6.45) is 0.795. The molecule has 1 aliphatic heterocycles. The highest BCUT2D eigenvalue weighted by Gasteiger charge is 2.40. The number of hydrogen-bond acceptors (Lipinski definition) is 5. The maximum absolute atomic E-state index is 12.2. The molecule has 7 nitrogen and oxygen atoms in total. The number of benzene rings is 1. The Bertz CT molecular complexity index is 551. The fourth-order valence-corrected chi connectivity index (χ4v) is 2.53. The average molecular weight is 337 g/mol. The summed E-state index contributed by atoms with van der Waals surface area (Å²) in [7, 11) is 1.60. The number of hydrogen-bond donors (Lipinski definition) is 2. The Morgan fingerprint density at radius 2 is 1.88 bits per heavy atom. The van der Waals surface area contributed by atoms with Gasteiger partial charge in [0.2, 0.25) is 0 Å². The lowest BCUT2D eigenvalue weighted by molar-refractivity contribution is -0.154. The second-order valence-electron chi connectivity index (χ2n) is 5.75. The van der Waals surface area contributed by atoms with Gasteiger partial charge in [-0.1, -0.05) is 0 Å². The maximum atomic E-state index is 12.2. The van der Waals surface area contributed by atoms with Gasteiger partial charge in [0.1, 0.15) is 12.4 Å². The first-order valence-electron chi connectivity index (χ1n) is 7.88. The van der Waals surface area contributed by atoms with Crippen molar-refractivity contribution in [3.63, 3.8) is 0 Å². The van der Waals surface area contributed by atoms with E-state index in [0.29, 0.717) is 50.6 Å². The molecule has 1 amide bonds. The summed E-state index contributed by atoms with van der Waals surface area (Å²) >= 11 is 0. The summed E-state index contributed by atoms with van der Waals surface area (Å²) in [4.78, 5) is 23.8. The fraction of sp³-hybridized carbons (Fsp3) is 0.529. The van der Waals surface area contributed by atoms with Crippen LogP contribution in [0, 0.1) is 5.41 Å². The van der Waals surface area contributed by atoms with Crippen molar-refractivity contribution in [3.8, 4) is 5.75 Å². The van der Waals surface area contributed by atoms with Gasteiger partial charge in [0, 0.05) is 32.4 Å². The molecule has 0 aliphatic carbocycles. The first-order valence-corrected chi connectivity index (χ1v) is 7.88. The van der Waals surface area contributed by atoms with Crippen LogP contribution < -0.4 is 10.1 Å². The summed E-state index contributed by atoms with van der Waals surface area (Å²) in [6.45, 7) is 1.82. The largest absolute Gasteiger partial charge is 0.491 e. The third-order valence-electron chi connectivity index (χ3n) is 4.16. The minimum Gasteiger partial charge on any atom is -0.491 e. The van der Waals surface area contributed by atoms with Crippen molar-refractivity contribution in [1.29, 1.82) is 0 Å². The zero-order valence-corrected chi connectivity index (χ0v) is 13.7. The molecule has 1 aromatic carbocycles.